The van der Waals surface area contributed by atoms with E-state index in [9.17, 15) is 9.59 Å². The summed E-state index contributed by atoms with van der Waals surface area (Å²) in [6.45, 7) is 3.33. The van der Waals surface area contributed by atoms with Crippen LogP contribution in [0.4, 0.5) is 4.79 Å². The fourth-order valence-electron chi connectivity index (χ4n) is 5.32. The average Bonchev–Trinajstić information content (AvgIpc) is 3.60. The van der Waals surface area contributed by atoms with Crippen LogP contribution < -0.4 is 0 Å². The van der Waals surface area contributed by atoms with Gasteiger partial charge in [0.1, 0.15) is 0 Å². The predicted molar refractivity (Wildman–Crippen MR) is 136 cm³/mol. The molecule has 1 aromatic heterocycles. The fourth-order valence-corrected chi connectivity index (χ4v) is 6.38. The first-order valence-electron chi connectivity index (χ1n) is 11.8. The summed E-state index contributed by atoms with van der Waals surface area (Å²) in [5.41, 5.74) is 4.53. The van der Waals surface area contributed by atoms with Crippen molar-refractivity contribution in [3.63, 3.8) is 0 Å². The lowest BCUT2D eigenvalue weighted by Gasteiger charge is -2.18. The first kappa shape index (κ1) is 21.9. The second-order valence-corrected chi connectivity index (χ2v) is 10.6. The monoisotopic (exact) mass is 492 g/mol. The van der Waals surface area contributed by atoms with Crippen LogP contribution in [-0.4, -0.2) is 56.9 Å². The van der Waals surface area contributed by atoms with Gasteiger partial charge in [-0.25, -0.2) is 0 Å². The van der Waals surface area contributed by atoms with E-state index >= 15 is 0 Å². The molecule has 0 radical (unpaired) electrons. The van der Waals surface area contributed by atoms with Crippen LogP contribution in [-0.2, 0) is 11.2 Å². The standard InChI is InChI=1S/C26H25ClN4O2S/c27-20-5-6-21-18(15-20)4-8-23(21)31-22-7-3-17(13-19(22)16-28-31)14-24-25(32)30(26(33)34-24)12-11-29-9-1-2-10-29/h3,5-7,13-16,23H,1-2,4,8-12H2/t23-/m1/s1. The molecule has 0 unspecified atom stereocenters. The predicted octanol–water partition coefficient (Wildman–Crippen LogP) is 5.36. The van der Waals surface area contributed by atoms with Crippen LogP contribution in [0.15, 0.2) is 47.5 Å². The molecule has 2 fully saturated rings. The molecule has 6 rings (SSSR count). The van der Waals surface area contributed by atoms with Crippen LogP contribution in [0.25, 0.3) is 17.0 Å². The number of hydrogen-bond donors (Lipinski definition) is 0. The van der Waals surface area contributed by atoms with E-state index in [2.05, 4.69) is 27.8 Å². The van der Waals surface area contributed by atoms with E-state index < -0.39 is 0 Å². The third-order valence-corrected chi connectivity index (χ3v) is 8.22. The van der Waals surface area contributed by atoms with E-state index in [4.69, 9.17) is 16.7 Å². The van der Waals surface area contributed by atoms with Gasteiger partial charge in [-0.1, -0.05) is 23.7 Å². The van der Waals surface area contributed by atoms with Gasteiger partial charge in [-0.3, -0.25) is 19.2 Å². The van der Waals surface area contributed by atoms with Crippen molar-refractivity contribution >= 4 is 51.5 Å². The van der Waals surface area contributed by atoms with Crippen LogP contribution in [0.3, 0.4) is 0 Å². The third kappa shape index (κ3) is 3.96. The summed E-state index contributed by atoms with van der Waals surface area (Å²) >= 11 is 7.21. The summed E-state index contributed by atoms with van der Waals surface area (Å²) in [4.78, 5) is 29.5. The summed E-state index contributed by atoms with van der Waals surface area (Å²) in [6.07, 6.45) is 8.09. The van der Waals surface area contributed by atoms with E-state index in [1.807, 2.05) is 30.5 Å². The highest BCUT2D eigenvalue weighted by molar-refractivity contribution is 8.18. The van der Waals surface area contributed by atoms with Gasteiger partial charge >= 0.3 is 0 Å². The Kier molecular flexibility index (Phi) is 5.71. The number of halogens is 1. The minimum Gasteiger partial charge on any atom is -0.302 e. The van der Waals surface area contributed by atoms with E-state index in [0.717, 1.165) is 65.7 Å². The zero-order valence-corrected chi connectivity index (χ0v) is 20.3. The molecule has 174 valence electrons. The van der Waals surface area contributed by atoms with Crippen LogP contribution in [0.2, 0.25) is 5.02 Å². The topological polar surface area (TPSA) is 58.4 Å². The molecule has 3 heterocycles. The lowest BCUT2D eigenvalue weighted by atomic mass is 10.1. The third-order valence-electron chi connectivity index (χ3n) is 7.08. The first-order valence-corrected chi connectivity index (χ1v) is 13.0. The number of nitrogens with zero attached hydrogens (tertiary/aromatic N) is 4. The summed E-state index contributed by atoms with van der Waals surface area (Å²) in [7, 11) is 0. The number of likely N-dealkylation sites (tertiary alicyclic amines) is 1. The molecule has 6 nitrogen and oxygen atoms in total. The highest BCUT2D eigenvalue weighted by atomic mass is 35.5. The lowest BCUT2D eigenvalue weighted by molar-refractivity contribution is -0.122. The van der Waals surface area contributed by atoms with Crippen LogP contribution >= 0.6 is 23.4 Å². The number of thioether (sulfide) groups is 1. The zero-order chi connectivity index (χ0) is 23.2. The summed E-state index contributed by atoms with van der Waals surface area (Å²) in [6, 6.07) is 12.4. The molecule has 3 aromatic rings. The maximum atomic E-state index is 12.9. The number of aromatic nitrogens is 2. The van der Waals surface area contributed by atoms with Crippen LogP contribution in [0, 0.1) is 0 Å². The molecule has 2 aliphatic heterocycles. The Bertz CT molecular complexity index is 1330. The molecule has 2 aromatic carbocycles. The minimum atomic E-state index is -0.189. The van der Waals surface area contributed by atoms with Crippen molar-refractivity contribution in [1.29, 1.82) is 0 Å². The SMILES string of the molecule is O=C1SC(=Cc2ccc3c(cnn3[C@@H]3CCc4cc(Cl)ccc43)c2)C(=O)N1CCN1CCCC1. The summed E-state index contributed by atoms with van der Waals surface area (Å²) < 4.78 is 2.09. The fraction of sp³-hybridized carbons (Fsp3) is 0.346. The van der Waals surface area contributed by atoms with Gasteiger partial charge in [-0.2, -0.15) is 5.10 Å². The number of benzene rings is 2. The molecular formula is C26H25ClN4O2S. The Hall–Kier alpha value is -2.61. The molecule has 34 heavy (non-hydrogen) atoms. The first-order chi connectivity index (χ1) is 16.6. The van der Waals surface area contributed by atoms with Crippen molar-refractivity contribution in [2.24, 2.45) is 0 Å². The van der Waals surface area contributed by atoms with Crippen LogP contribution in [0.5, 0.6) is 0 Å². The highest BCUT2D eigenvalue weighted by Crippen LogP contribution is 2.37. The Balaban J connectivity index is 1.22. The number of aryl methyl sites for hydroxylation is 1. The van der Waals surface area contributed by atoms with Crippen molar-refractivity contribution in [3.8, 4) is 0 Å². The summed E-state index contributed by atoms with van der Waals surface area (Å²) in [5, 5.41) is 6.31. The second kappa shape index (κ2) is 8.87. The largest absolute Gasteiger partial charge is 0.302 e. The van der Waals surface area contributed by atoms with E-state index in [1.54, 1.807) is 0 Å². The molecule has 2 amide bonds. The molecule has 1 aliphatic carbocycles. The number of rotatable bonds is 5. The molecule has 1 atom stereocenters. The number of carbonyl (C=O) groups is 2. The number of imide groups is 1. The van der Waals surface area contributed by atoms with Gasteiger partial charge < -0.3 is 4.90 Å². The van der Waals surface area contributed by atoms with Gasteiger partial charge in [-0.05, 0) is 97.6 Å². The van der Waals surface area contributed by atoms with Crippen LogP contribution in [0.1, 0.15) is 42.0 Å². The lowest BCUT2D eigenvalue weighted by Crippen LogP contribution is -2.36. The minimum absolute atomic E-state index is 0.177. The maximum absolute atomic E-state index is 12.9. The Morgan fingerprint density at radius 1 is 1.09 bits per heavy atom. The number of hydrogen-bond acceptors (Lipinski definition) is 5. The number of carbonyl (C=O) groups excluding carboxylic acids is 2. The molecule has 0 saturated carbocycles. The van der Waals surface area contributed by atoms with E-state index in [0.29, 0.717) is 11.4 Å². The van der Waals surface area contributed by atoms with E-state index in [1.165, 1.54) is 28.9 Å². The molecular weight excluding hydrogens is 468 g/mol. The smallest absolute Gasteiger partial charge is 0.293 e. The quantitative estimate of drug-likeness (QED) is 0.449. The molecule has 8 heteroatoms. The van der Waals surface area contributed by atoms with Crippen molar-refractivity contribution in [1.82, 2.24) is 19.6 Å². The van der Waals surface area contributed by atoms with Gasteiger partial charge in [0, 0.05) is 23.5 Å². The van der Waals surface area contributed by atoms with Gasteiger partial charge in [0.15, 0.2) is 0 Å². The molecule has 0 bridgehead atoms. The van der Waals surface area contributed by atoms with Crippen molar-refractivity contribution in [3.05, 3.63) is 69.2 Å². The van der Waals surface area contributed by atoms with Crippen molar-refractivity contribution in [2.75, 3.05) is 26.2 Å². The molecule has 3 aliphatic rings. The molecule has 0 spiro atoms. The Morgan fingerprint density at radius 3 is 2.79 bits per heavy atom. The van der Waals surface area contributed by atoms with Gasteiger partial charge in [0.05, 0.1) is 22.7 Å². The second-order valence-electron chi connectivity index (χ2n) is 9.19. The molecule has 0 N–H and O–H groups in total. The van der Waals surface area contributed by atoms with Gasteiger partial charge in [0.25, 0.3) is 11.1 Å². The summed E-state index contributed by atoms with van der Waals surface area (Å²) in [5.74, 6) is -0.189. The zero-order valence-electron chi connectivity index (χ0n) is 18.7. The average molecular weight is 493 g/mol. The molecule has 2 saturated heterocycles. The number of fused-ring (bicyclic) bond motifs is 2. The highest BCUT2D eigenvalue weighted by Gasteiger charge is 2.35. The Morgan fingerprint density at radius 2 is 1.94 bits per heavy atom. The maximum Gasteiger partial charge on any atom is 0.293 e. The van der Waals surface area contributed by atoms with Crippen molar-refractivity contribution < 1.29 is 9.59 Å². The number of amides is 2. The van der Waals surface area contributed by atoms with Crippen molar-refractivity contribution in [2.45, 2.75) is 31.7 Å². The van der Waals surface area contributed by atoms with E-state index in [-0.39, 0.29) is 17.2 Å². The Labute approximate surface area is 207 Å². The van der Waals surface area contributed by atoms with Gasteiger partial charge in [0.2, 0.25) is 0 Å². The normalized spacial score (nSPS) is 22.0. The van der Waals surface area contributed by atoms with Gasteiger partial charge in [-0.15, -0.1) is 0 Å².